The van der Waals surface area contributed by atoms with Gasteiger partial charge in [-0.1, -0.05) is 11.8 Å². The van der Waals surface area contributed by atoms with Gasteiger partial charge in [-0.25, -0.2) is 0 Å². The molecular formula is C20H16N4O4S2. The highest BCUT2D eigenvalue weighted by Gasteiger charge is 2.19. The lowest BCUT2D eigenvalue weighted by Crippen LogP contribution is -1.96. The van der Waals surface area contributed by atoms with Crippen molar-refractivity contribution in [3.05, 3.63) is 40.6 Å². The van der Waals surface area contributed by atoms with Gasteiger partial charge in [0.25, 0.3) is 11.1 Å². The van der Waals surface area contributed by atoms with Crippen LogP contribution >= 0.6 is 23.1 Å². The van der Waals surface area contributed by atoms with Gasteiger partial charge < -0.3 is 18.3 Å². The summed E-state index contributed by atoms with van der Waals surface area (Å²) < 4.78 is 22.3. The Hall–Kier alpha value is -2.85. The number of hydrogen-bond donors (Lipinski definition) is 0. The molecule has 0 radical (unpaired) electrons. The number of rotatable bonds is 5. The Bertz CT molecular complexity index is 1190. The second kappa shape index (κ2) is 7.44. The van der Waals surface area contributed by atoms with E-state index in [1.165, 1.54) is 35.0 Å². The van der Waals surface area contributed by atoms with Gasteiger partial charge in [0.1, 0.15) is 0 Å². The molecule has 4 aromatic rings. The normalized spacial score (nSPS) is 14.8. The summed E-state index contributed by atoms with van der Waals surface area (Å²) in [5, 5.41) is 17.0. The van der Waals surface area contributed by atoms with E-state index in [0.717, 1.165) is 23.3 Å². The van der Waals surface area contributed by atoms with Gasteiger partial charge >= 0.3 is 0 Å². The van der Waals surface area contributed by atoms with E-state index in [9.17, 15) is 0 Å². The quantitative estimate of drug-likeness (QED) is 0.407. The van der Waals surface area contributed by atoms with Crippen molar-refractivity contribution in [1.82, 2.24) is 20.4 Å². The average molecular weight is 441 g/mol. The smallest absolute Gasteiger partial charge is 0.277 e. The summed E-state index contributed by atoms with van der Waals surface area (Å²) in [6, 6.07) is 7.71. The van der Waals surface area contributed by atoms with Crippen LogP contribution in [0.5, 0.6) is 11.5 Å². The van der Waals surface area contributed by atoms with Crippen LogP contribution in [0.25, 0.3) is 22.2 Å². The third-order valence-electron chi connectivity index (χ3n) is 5.02. The van der Waals surface area contributed by atoms with Crippen molar-refractivity contribution >= 4 is 23.1 Å². The van der Waals surface area contributed by atoms with Crippen LogP contribution in [-0.2, 0) is 18.6 Å². The number of fused-ring (bicyclic) bond motifs is 2. The van der Waals surface area contributed by atoms with E-state index < -0.39 is 0 Å². The van der Waals surface area contributed by atoms with Crippen molar-refractivity contribution in [3.8, 4) is 33.7 Å². The Labute approximate surface area is 179 Å². The van der Waals surface area contributed by atoms with E-state index in [4.69, 9.17) is 18.3 Å². The van der Waals surface area contributed by atoms with Gasteiger partial charge in [0.2, 0.25) is 18.6 Å². The molecule has 1 aliphatic carbocycles. The van der Waals surface area contributed by atoms with Crippen LogP contribution in [0.1, 0.15) is 29.2 Å². The zero-order valence-corrected chi connectivity index (χ0v) is 17.4. The first-order chi connectivity index (χ1) is 14.8. The van der Waals surface area contributed by atoms with Crippen LogP contribution in [0.3, 0.4) is 0 Å². The first kappa shape index (κ1) is 18.0. The molecule has 0 saturated carbocycles. The van der Waals surface area contributed by atoms with Crippen molar-refractivity contribution < 1.29 is 18.3 Å². The fourth-order valence-corrected chi connectivity index (χ4v) is 5.32. The van der Waals surface area contributed by atoms with E-state index >= 15 is 0 Å². The number of nitrogens with zero attached hydrogens (tertiary/aromatic N) is 4. The van der Waals surface area contributed by atoms with Crippen molar-refractivity contribution in [2.75, 3.05) is 6.79 Å². The highest BCUT2D eigenvalue weighted by atomic mass is 32.2. The lowest BCUT2D eigenvalue weighted by atomic mass is 9.99. The molecule has 0 bridgehead atoms. The van der Waals surface area contributed by atoms with Crippen LogP contribution in [0, 0.1) is 0 Å². The summed E-state index contributed by atoms with van der Waals surface area (Å²) in [5.41, 5.74) is 2.21. The molecule has 0 N–H and O–H groups in total. The Kier molecular flexibility index (Phi) is 4.45. The monoisotopic (exact) mass is 440 g/mol. The Balaban J connectivity index is 1.13. The van der Waals surface area contributed by atoms with Gasteiger partial charge in [-0.3, -0.25) is 0 Å². The lowest BCUT2D eigenvalue weighted by Gasteiger charge is -2.08. The first-order valence-electron chi connectivity index (χ1n) is 9.62. The summed E-state index contributed by atoms with van der Waals surface area (Å²) in [7, 11) is 0. The average Bonchev–Trinajstić information content (AvgIpc) is 3.57. The molecule has 1 aromatic carbocycles. The highest BCUT2D eigenvalue weighted by molar-refractivity contribution is 7.98. The molecule has 0 unspecified atom stereocenters. The van der Waals surface area contributed by atoms with Crippen molar-refractivity contribution in [3.63, 3.8) is 0 Å². The second-order valence-corrected chi connectivity index (χ2v) is 9.06. The minimum absolute atomic E-state index is 0.226. The summed E-state index contributed by atoms with van der Waals surface area (Å²) in [5.74, 6) is 3.38. The third-order valence-corrected chi connectivity index (χ3v) is 7.05. The number of benzene rings is 1. The van der Waals surface area contributed by atoms with Gasteiger partial charge in [0.05, 0.1) is 10.6 Å². The lowest BCUT2D eigenvalue weighted by molar-refractivity contribution is 0.174. The standard InChI is InChI=1S/C20H16N4O4S2/c1-2-4-15-11(3-1)8-16(30-15)19-23-21-17(27-19)9-29-20-24-22-18(28-20)12-5-6-13-14(7-12)26-10-25-13/h5-8H,1-4,9-10H2. The van der Waals surface area contributed by atoms with Crippen LogP contribution in [0.4, 0.5) is 0 Å². The maximum absolute atomic E-state index is 5.86. The molecule has 6 rings (SSSR count). The van der Waals surface area contributed by atoms with Crippen molar-refractivity contribution in [2.24, 2.45) is 0 Å². The predicted octanol–water partition coefficient (Wildman–Crippen LogP) is 4.75. The molecule has 0 saturated heterocycles. The summed E-state index contributed by atoms with van der Waals surface area (Å²) in [6.07, 6.45) is 4.82. The molecule has 10 heteroatoms. The second-order valence-electron chi connectivity index (χ2n) is 7.00. The molecule has 0 fully saturated rings. The van der Waals surface area contributed by atoms with Crippen molar-refractivity contribution in [1.29, 1.82) is 0 Å². The fraction of sp³-hybridized carbons (Fsp3) is 0.300. The van der Waals surface area contributed by atoms with Gasteiger partial charge in [0, 0.05) is 10.4 Å². The topological polar surface area (TPSA) is 96.3 Å². The fourth-order valence-electron chi connectivity index (χ4n) is 3.55. The molecule has 0 spiro atoms. The summed E-state index contributed by atoms with van der Waals surface area (Å²) in [6.45, 7) is 0.226. The molecule has 30 heavy (non-hydrogen) atoms. The van der Waals surface area contributed by atoms with Gasteiger partial charge in [-0.05, 0) is 55.5 Å². The zero-order valence-electron chi connectivity index (χ0n) is 15.8. The molecule has 3 aromatic heterocycles. The van der Waals surface area contributed by atoms with Crippen LogP contribution < -0.4 is 9.47 Å². The number of thiophene rings is 1. The summed E-state index contributed by atoms with van der Waals surface area (Å²) in [4.78, 5) is 2.50. The maximum atomic E-state index is 5.86. The van der Waals surface area contributed by atoms with E-state index in [1.54, 1.807) is 11.3 Å². The zero-order chi connectivity index (χ0) is 19.9. The van der Waals surface area contributed by atoms with Crippen LogP contribution in [-0.4, -0.2) is 27.2 Å². The van der Waals surface area contributed by atoms with Gasteiger partial charge in [0.15, 0.2) is 11.5 Å². The third kappa shape index (κ3) is 3.35. The van der Waals surface area contributed by atoms with E-state index in [0.29, 0.717) is 40.1 Å². The van der Waals surface area contributed by atoms with Crippen molar-refractivity contribution in [2.45, 2.75) is 36.7 Å². The van der Waals surface area contributed by atoms with E-state index in [-0.39, 0.29) is 6.79 Å². The molecule has 0 atom stereocenters. The molecule has 4 heterocycles. The summed E-state index contributed by atoms with van der Waals surface area (Å²) >= 11 is 3.12. The molecular weight excluding hydrogens is 424 g/mol. The first-order valence-corrected chi connectivity index (χ1v) is 11.4. The number of aryl methyl sites for hydroxylation is 2. The van der Waals surface area contributed by atoms with Gasteiger partial charge in [-0.15, -0.1) is 31.7 Å². The predicted molar refractivity (Wildman–Crippen MR) is 110 cm³/mol. The van der Waals surface area contributed by atoms with Gasteiger partial charge in [-0.2, -0.15) is 0 Å². The molecule has 2 aliphatic rings. The number of thioether (sulfide) groups is 1. The number of ether oxygens (including phenoxy) is 2. The van der Waals surface area contributed by atoms with E-state index in [2.05, 4.69) is 26.5 Å². The minimum Gasteiger partial charge on any atom is -0.454 e. The molecule has 152 valence electrons. The SMILES string of the molecule is c1cc2c(cc1-c1nnc(SCc3nnc(-c4cc5c(s4)CCCC5)o3)o1)OCO2. The number of aromatic nitrogens is 4. The molecule has 8 nitrogen and oxygen atoms in total. The van der Waals surface area contributed by atoms with E-state index in [1.807, 2.05) is 18.2 Å². The number of hydrogen-bond acceptors (Lipinski definition) is 10. The van der Waals surface area contributed by atoms with Crippen LogP contribution in [0.2, 0.25) is 0 Å². The minimum atomic E-state index is 0.226. The highest BCUT2D eigenvalue weighted by Crippen LogP contribution is 2.37. The largest absolute Gasteiger partial charge is 0.454 e. The van der Waals surface area contributed by atoms with Crippen LogP contribution in [0.15, 0.2) is 38.3 Å². The Morgan fingerprint density at radius 2 is 1.80 bits per heavy atom. The Morgan fingerprint density at radius 3 is 2.77 bits per heavy atom. The maximum Gasteiger partial charge on any atom is 0.277 e. The molecule has 0 amide bonds. The Morgan fingerprint density at radius 1 is 0.900 bits per heavy atom. The molecule has 1 aliphatic heterocycles.